The highest BCUT2D eigenvalue weighted by atomic mass is 19.1. The lowest BCUT2D eigenvalue weighted by atomic mass is 9.96. The maximum Gasteiger partial charge on any atom is 0.165 e. The molecule has 1 heterocycles. The molecule has 0 amide bonds. The average Bonchev–Trinajstić information content (AvgIpc) is 2.98. The van der Waals surface area contributed by atoms with Crippen molar-refractivity contribution in [1.29, 1.82) is 0 Å². The van der Waals surface area contributed by atoms with Crippen molar-refractivity contribution in [3.8, 4) is 11.5 Å². The molecule has 1 N–H and O–H groups in total. The molecule has 0 aromatic heterocycles. The van der Waals surface area contributed by atoms with Gasteiger partial charge in [-0.1, -0.05) is 24.3 Å². The van der Waals surface area contributed by atoms with Crippen LogP contribution in [0, 0.1) is 5.82 Å². The zero-order valence-electron chi connectivity index (χ0n) is 21.2. The maximum absolute atomic E-state index is 13.8. The first-order valence-corrected chi connectivity index (χ1v) is 12.6. The normalized spacial score (nSPS) is 19.6. The molecule has 1 unspecified atom stereocenters. The van der Waals surface area contributed by atoms with Gasteiger partial charge in [-0.25, -0.2) is 4.39 Å². The van der Waals surface area contributed by atoms with Gasteiger partial charge in [0.1, 0.15) is 19.0 Å². The molecule has 34 heavy (non-hydrogen) atoms. The smallest absolute Gasteiger partial charge is 0.165 e. The number of aliphatic hydroxyl groups is 1. The lowest BCUT2D eigenvalue weighted by Crippen LogP contribution is -2.39. The van der Waals surface area contributed by atoms with E-state index in [9.17, 15) is 9.50 Å². The maximum atomic E-state index is 13.8. The molecule has 2 aromatic carbocycles. The molecule has 3 rings (SSSR count). The highest BCUT2D eigenvalue weighted by molar-refractivity contribution is 5.27. The molecule has 5 nitrogen and oxygen atoms in total. The molecular weight excluding hydrogens is 431 g/mol. The van der Waals surface area contributed by atoms with Gasteiger partial charge in [-0.2, -0.15) is 0 Å². The van der Waals surface area contributed by atoms with Gasteiger partial charge in [-0.15, -0.1) is 0 Å². The summed E-state index contributed by atoms with van der Waals surface area (Å²) in [6, 6.07) is 15.7. The fraction of sp³-hybridized carbons (Fsp3) is 0.571. The van der Waals surface area contributed by atoms with E-state index in [1.54, 1.807) is 18.2 Å². The van der Waals surface area contributed by atoms with Gasteiger partial charge >= 0.3 is 0 Å². The van der Waals surface area contributed by atoms with E-state index in [2.05, 4.69) is 49.6 Å². The first kappa shape index (κ1) is 26.5. The van der Waals surface area contributed by atoms with Gasteiger partial charge in [0.25, 0.3) is 0 Å². The van der Waals surface area contributed by atoms with Gasteiger partial charge in [0.05, 0.1) is 5.60 Å². The minimum Gasteiger partial charge on any atom is -0.492 e. The van der Waals surface area contributed by atoms with Crippen LogP contribution < -0.4 is 9.47 Å². The monoisotopic (exact) mass is 472 g/mol. The summed E-state index contributed by atoms with van der Waals surface area (Å²) in [4.78, 5) is 4.79. The lowest BCUT2D eigenvalue weighted by molar-refractivity contribution is -0.0177. The van der Waals surface area contributed by atoms with Crippen molar-refractivity contribution in [2.24, 2.45) is 0 Å². The fourth-order valence-corrected chi connectivity index (χ4v) is 4.64. The molecule has 1 aliphatic rings. The van der Waals surface area contributed by atoms with Crippen LogP contribution in [0.5, 0.6) is 11.5 Å². The number of hydrogen-bond acceptors (Lipinski definition) is 5. The van der Waals surface area contributed by atoms with Crippen molar-refractivity contribution in [3.05, 3.63) is 59.9 Å². The van der Waals surface area contributed by atoms with Gasteiger partial charge in [0, 0.05) is 31.7 Å². The Morgan fingerprint density at radius 1 is 0.971 bits per heavy atom. The third-order valence-electron chi connectivity index (χ3n) is 6.62. The summed E-state index contributed by atoms with van der Waals surface area (Å²) in [6.45, 7) is 13.1. The van der Waals surface area contributed by atoms with Crippen molar-refractivity contribution in [1.82, 2.24) is 9.80 Å². The number of likely N-dealkylation sites (tertiary alicyclic amines) is 1. The van der Waals surface area contributed by atoms with Crippen LogP contribution in [-0.2, 0) is 6.54 Å². The Balaban J connectivity index is 1.44. The van der Waals surface area contributed by atoms with Crippen LogP contribution in [0.4, 0.5) is 4.39 Å². The third-order valence-corrected chi connectivity index (χ3v) is 6.62. The topological polar surface area (TPSA) is 45.2 Å². The van der Waals surface area contributed by atoms with Crippen molar-refractivity contribution in [2.75, 3.05) is 32.8 Å². The Bertz CT molecular complexity index is 866. The molecule has 188 valence electrons. The summed E-state index contributed by atoms with van der Waals surface area (Å²) >= 11 is 0. The number of hydrogen-bond donors (Lipinski definition) is 1. The van der Waals surface area contributed by atoms with E-state index < -0.39 is 11.4 Å². The Labute approximate surface area is 204 Å². The van der Waals surface area contributed by atoms with E-state index in [1.807, 2.05) is 12.1 Å². The van der Waals surface area contributed by atoms with Crippen LogP contribution in [-0.4, -0.2) is 65.4 Å². The summed E-state index contributed by atoms with van der Waals surface area (Å²) in [5, 5.41) is 11.0. The first-order valence-electron chi connectivity index (χ1n) is 12.6. The summed E-state index contributed by atoms with van der Waals surface area (Å²) < 4.78 is 25.4. The van der Waals surface area contributed by atoms with E-state index in [0.29, 0.717) is 31.5 Å². The molecule has 1 saturated heterocycles. The molecule has 0 spiro atoms. The Morgan fingerprint density at radius 3 is 2.35 bits per heavy atom. The predicted molar refractivity (Wildman–Crippen MR) is 135 cm³/mol. The number of rotatable bonds is 11. The van der Waals surface area contributed by atoms with E-state index in [0.717, 1.165) is 38.3 Å². The molecule has 0 aliphatic carbocycles. The molecule has 0 radical (unpaired) electrons. The SMILES string of the molecule is CC(C)N(CCOc1ccc(CN2CCCC(O)(COc3ccccc3F)CC2)cc1)C(C)C. The van der Waals surface area contributed by atoms with Gasteiger partial charge < -0.3 is 14.6 Å². The average molecular weight is 473 g/mol. The molecule has 1 fully saturated rings. The number of benzene rings is 2. The van der Waals surface area contributed by atoms with Crippen LogP contribution >= 0.6 is 0 Å². The molecule has 0 bridgehead atoms. The second kappa shape index (κ2) is 12.5. The van der Waals surface area contributed by atoms with Gasteiger partial charge in [-0.05, 0) is 83.3 Å². The largest absolute Gasteiger partial charge is 0.492 e. The van der Waals surface area contributed by atoms with Crippen molar-refractivity contribution in [3.63, 3.8) is 0 Å². The van der Waals surface area contributed by atoms with E-state index in [-0.39, 0.29) is 12.4 Å². The van der Waals surface area contributed by atoms with Gasteiger partial charge in [0.2, 0.25) is 0 Å². The number of halogens is 1. The molecule has 2 aromatic rings. The lowest BCUT2D eigenvalue weighted by Gasteiger charge is -2.30. The Morgan fingerprint density at radius 2 is 1.68 bits per heavy atom. The number of para-hydroxylation sites is 1. The van der Waals surface area contributed by atoms with Crippen LogP contribution in [0.25, 0.3) is 0 Å². The second-order valence-electron chi connectivity index (χ2n) is 9.99. The standard InChI is InChI=1S/C28H41FN2O3/c1-22(2)31(23(3)4)18-19-33-25-12-10-24(11-13-25)20-30-16-7-14-28(32,15-17-30)21-34-27-9-6-5-8-26(27)29/h5-6,8-13,22-23,32H,7,14-21H2,1-4H3. The summed E-state index contributed by atoms with van der Waals surface area (Å²) in [7, 11) is 0. The van der Waals surface area contributed by atoms with Crippen LogP contribution in [0.3, 0.4) is 0 Å². The second-order valence-corrected chi connectivity index (χ2v) is 9.99. The van der Waals surface area contributed by atoms with Crippen LogP contribution in [0.2, 0.25) is 0 Å². The van der Waals surface area contributed by atoms with Crippen molar-refractivity contribution in [2.45, 2.75) is 71.2 Å². The zero-order chi connectivity index (χ0) is 24.6. The van der Waals surface area contributed by atoms with Crippen molar-refractivity contribution >= 4 is 0 Å². The van der Waals surface area contributed by atoms with Gasteiger partial charge in [-0.3, -0.25) is 9.80 Å². The van der Waals surface area contributed by atoms with Crippen LogP contribution in [0.15, 0.2) is 48.5 Å². The van der Waals surface area contributed by atoms with E-state index >= 15 is 0 Å². The molecule has 1 atom stereocenters. The van der Waals surface area contributed by atoms with E-state index in [1.165, 1.54) is 11.6 Å². The van der Waals surface area contributed by atoms with Crippen molar-refractivity contribution < 1.29 is 19.0 Å². The molecule has 1 aliphatic heterocycles. The summed E-state index contributed by atoms with van der Waals surface area (Å²) in [5.41, 5.74) is 0.292. The highest BCUT2D eigenvalue weighted by Crippen LogP contribution is 2.26. The van der Waals surface area contributed by atoms with Crippen LogP contribution in [0.1, 0.15) is 52.5 Å². The predicted octanol–water partition coefficient (Wildman–Crippen LogP) is 5.12. The van der Waals surface area contributed by atoms with Gasteiger partial charge in [0.15, 0.2) is 11.6 Å². The summed E-state index contributed by atoms with van der Waals surface area (Å²) in [6.07, 6.45) is 2.12. The Hall–Kier alpha value is -2.15. The highest BCUT2D eigenvalue weighted by Gasteiger charge is 2.31. The quantitative estimate of drug-likeness (QED) is 0.492. The number of nitrogens with zero attached hydrogens (tertiary/aromatic N) is 2. The zero-order valence-corrected chi connectivity index (χ0v) is 21.2. The van der Waals surface area contributed by atoms with E-state index in [4.69, 9.17) is 9.47 Å². The molecule has 0 saturated carbocycles. The first-order chi connectivity index (χ1) is 16.3. The Kier molecular flexibility index (Phi) is 9.74. The molecular formula is C28H41FN2O3. The fourth-order valence-electron chi connectivity index (χ4n) is 4.64. The third kappa shape index (κ3) is 7.97. The minimum atomic E-state index is -0.936. The molecule has 6 heteroatoms. The number of ether oxygens (including phenoxy) is 2. The summed E-state index contributed by atoms with van der Waals surface area (Å²) in [5.74, 6) is 0.693. The minimum absolute atomic E-state index is 0.110.